The topological polar surface area (TPSA) is 125 Å². The van der Waals surface area contributed by atoms with E-state index >= 15 is 0 Å². The summed E-state index contributed by atoms with van der Waals surface area (Å²) in [6, 6.07) is 3.68. The van der Waals surface area contributed by atoms with E-state index in [1.165, 1.54) is 12.4 Å². The fourth-order valence-electron chi connectivity index (χ4n) is 3.04. The third-order valence-corrected chi connectivity index (χ3v) is 4.32. The highest BCUT2D eigenvalue weighted by molar-refractivity contribution is 5.69. The van der Waals surface area contributed by atoms with Crippen molar-refractivity contribution in [3.63, 3.8) is 0 Å². The second-order valence-electron chi connectivity index (χ2n) is 7.50. The van der Waals surface area contributed by atoms with Crippen molar-refractivity contribution in [1.82, 2.24) is 30.4 Å². The van der Waals surface area contributed by atoms with E-state index in [2.05, 4.69) is 44.3 Å². The van der Waals surface area contributed by atoms with Gasteiger partial charge in [-0.15, -0.1) is 0 Å². The minimum absolute atomic E-state index is 0.205. The van der Waals surface area contributed by atoms with Crippen LogP contribution in [0.4, 0.5) is 4.79 Å². The van der Waals surface area contributed by atoms with Crippen molar-refractivity contribution in [2.45, 2.75) is 33.2 Å². The molecule has 0 aliphatic carbocycles. The van der Waals surface area contributed by atoms with Crippen LogP contribution in [0.25, 0.3) is 23.0 Å². The Morgan fingerprint density at radius 3 is 2.80 bits per heavy atom. The number of cyclic esters (lactones) is 1. The minimum Gasteiger partial charge on any atom is -0.474 e. The monoisotopic (exact) mass is 410 g/mol. The first kappa shape index (κ1) is 19.7. The van der Waals surface area contributed by atoms with E-state index in [1.807, 2.05) is 19.1 Å². The summed E-state index contributed by atoms with van der Waals surface area (Å²) in [6.07, 6.45) is 3.41. The largest absolute Gasteiger partial charge is 0.474 e. The number of carbonyl (C=O) groups is 1. The Morgan fingerprint density at radius 1 is 1.23 bits per heavy atom. The minimum atomic E-state index is -0.446. The van der Waals surface area contributed by atoms with Crippen molar-refractivity contribution in [3.8, 4) is 28.9 Å². The Bertz CT molecular complexity index is 1030. The van der Waals surface area contributed by atoms with Gasteiger partial charge in [-0.1, -0.05) is 19.0 Å². The summed E-state index contributed by atoms with van der Waals surface area (Å²) < 4.78 is 15.8. The zero-order valence-electron chi connectivity index (χ0n) is 17.0. The quantitative estimate of drug-likeness (QED) is 0.625. The van der Waals surface area contributed by atoms with Crippen LogP contribution in [-0.4, -0.2) is 50.4 Å². The molecular formula is C20H22N6O4. The highest BCUT2D eigenvalue weighted by Gasteiger charge is 2.23. The molecule has 0 unspecified atom stereocenters. The average Bonchev–Trinajstić information content (AvgIpc) is 3.35. The molecule has 4 heterocycles. The van der Waals surface area contributed by atoms with Crippen molar-refractivity contribution in [2.24, 2.45) is 5.92 Å². The number of aryl methyl sites for hydroxylation is 1. The molecule has 0 aromatic carbocycles. The predicted octanol–water partition coefficient (Wildman–Crippen LogP) is 2.58. The summed E-state index contributed by atoms with van der Waals surface area (Å²) in [5, 5.41) is 6.64. The number of hydrogen-bond donors (Lipinski definition) is 1. The van der Waals surface area contributed by atoms with E-state index in [1.54, 1.807) is 0 Å². The number of rotatable bonds is 7. The van der Waals surface area contributed by atoms with Gasteiger partial charge >= 0.3 is 6.09 Å². The number of amides is 1. The molecular weight excluding hydrogens is 388 g/mol. The number of hydrogen-bond acceptors (Lipinski definition) is 9. The molecule has 1 saturated heterocycles. The third kappa shape index (κ3) is 4.70. The third-order valence-electron chi connectivity index (χ3n) is 4.32. The zero-order chi connectivity index (χ0) is 21.1. The molecule has 1 fully saturated rings. The first-order valence-electron chi connectivity index (χ1n) is 9.66. The normalized spacial score (nSPS) is 15.9. The summed E-state index contributed by atoms with van der Waals surface area (Å²) in [7, 11) is 0. The van der Waals surface area contributed by atoms with Crippen LogP contribution in [-0.2, 0) is 11.2 Å². The number of ether oxygens (including phenoxy) is 2. The molecule has 3 aromatic rings. The summed E-state index contributed by atoms with van der Waals surface area (Å²) >= 11 is 0. The zero-order valence-corrected chi connectivity index (χ0v) is 17.0. The summed E-state index contributed by atoms with van der Waals surface area (Å²) in [4.78, 5) is 28.5. The number of nitrogens with one attached hydrogen (secondary N) is 1. The highest BCUT2D eigenvalue weighted by atomic mass is 16.6. The van der Waals surface area contributed by atoms with Gasteiger partial charge in [0.15, 0.2) is 0 Å². The summed E-state index contributed by atoms with van der Waals surface area (Å²) in [5.41, 5.74) is 3.17. The van der Waals surface area contributed by atoms with Gasteiger partial charge in [-0.25, -0.2) is 14.8 Å². The molecule has 1 aliphatic heterocycles. The maximum absolute atomic E-state index is 11.0. The number of pyridine rings is 1. The van der Waals surface area contributed by atoms with E-state index in [0.717, 1.165) is 23.4 Å². The lowest BCUT2D eigenvalue weighted by Gasteiger charge is -2.08. The second-order valence-corrected chi connectivity index (χ2v) is 7.50. The Balaban J connectivity index is 1.45. The summed E-state index contributed by atoms with van der Waals surface area (Å²) in [6.45, 7) is 6.75. The van der Waals surface area contributed by atoms with Crippen LogP contribution in [0, 0.1) is 12.8 Å². The van der Waals surface area contributed by atoms with Crippen LogP contribution in [0.3, 0.4) is 0 Å². The van der Waals surface area contributed by atoms with Crippen molar-refractivity contribution in [1.29, 1.82) is 0 Å². The molecule has 0 saturated carbocycles. The Labute approximate surface area is 173 Å². The van der Waals surface area contributed by atoms with E-state index in [0.29, 0.717) is 29.2 Å². The van der Waals surface area contributed by atoms with Gasteiger partial charge in [-0.05, 0) is 31.4 Å². The first-order chi connectivity index (χ1) is 14.5. The molecule has 10 heteroatoms. The fraction of sp³-hybridized carbons (Fsp3) is 0.400. The standard InChI is InChI=1S/C20H22N6O4/c1-11(2)4-14-6-13(5-12(3)23-14)19-25-18(26-30-19)16-7-22-17(8-21-16)28-9-15-10-29-20(27)24-15/h5-8,11,15H,4,9-10H2,1-3H3,(H,24,27)/t15-/m0/s1. The number of aromatic nitrogens is 5. The molecule has 0 bridgehead atoms. The van der Waals surface area contributed by atoms with Gasteiger partial charge in [-0.2, -0.15) is 4.98 Å². The van der Waals surface area contributed by atoms with Crippen molar-refractivity contribution >= 4 is 6.09 Å². The van der Waals surface area contributed by atoms with E-state index < -0.39 is 6.09 Å². The van der Waals surface area contributed by atoms with Crippen LogP contribution < -0.4 is 10.1 Å². The van der Waals surface area contributed by atoms with Crippen LogP contribution in [0.15, 0.2) is 29.0 Å². The van der Waals surface area contributed by atoms with Gasteiger partial charge in [0.05, 0.1) is 12.4 Å². The van der Waals surface area contributed by atoms with Gasteiger partial charge in [0.2, 0.25) is 11.7 Å². The van der Waals surface area contributed by atoms with E-state index in [9.17, 15) is 4.79 Å². The second kappa shape index (κ2) is 8.44. The van der Waals surface area contributed by atoms with Gasteiger partial charge in [0.1, 0.15) is 24.9 Å². The number of alkyl carbamates (subject to hydrolysis) is 1. The SMILES string of the molecule is Cc1cc(-c2nc(-c3cnc(OC[C@H]4COC(=O)N4)cn3)no2)cc(CC(C)C)n1. The Kier molecular flexibility index (Phi) is 5.55. The lowest BCUT2D eigenvalue weighted by atomic mass is 10.1. The first-order valence-corrected chi connectivity index (χ1v) is 9.66. The maximum Gasteiger partial charge on any atom is 0.407 e. The fourth-order valence-corrected chi connectivity index (χ4v) is 3.04. The molecule has 1 N–H and O–H groups in total. The molecule has 10 nitrogen and oxygen atoms in total. The van der Waals surface area contributed by atoms with Crippen LogP contribution >= 0.6 is 0 Å². The Hall–Kier alpha value is -3.56. The highest BCUT2D eigenvalue weighted by Crippen LogP contribution is 2.23. The molecule has 1 aliphatic rings. The van der Waals surface area contributed by atoms with E-state index in [-0.39, 0.29) is 19.3 Å². The van der Waals surface area contributed by atoms with Gasteiger partial charge in [0.25, 0.3) is 5.89 Å². The van der Waals surface area contributed by atoms with Crippen molar-refractivity contribution in [2.75, 3.05) is 13.2 Å². The molecule has 1 amide bonds. The van der Waals surface area contributed by atoms with Gasteiger partial charge in [-0.3, -0.25) is 4.98 Å². The average molecular weight is 410 g/mol. The van der Waals surface area contributed by atoms with Gasteiger partial charge < -0.3 is 19.3 Å². The Morgan fingerprint density at radius 2 is 2.10 bits per heavy atom. The molecule has 30 heavy (non-hydrogen) atoms. The number of nitrogens with zero attached hydrogens (tertiary/aromatic N) is 5. The summed E-state index contributed by atoms with van der Waals surface area (Å²) in [5.74, 6) is 1.56. The predicted molar refractivity (Wildman–Crippen MR) is 106 cm³/mol. The molecule has 156 valence electrons. The van der Waals surface area contributed by atoms with Crippen LogP contribution in [0.1, 0.15) is 25.2 Å². The molecule has 4 rings (SSSR count). The maximum atomic E-state index is 11.0. The molecule has 1 atom stereocenters. The molecule has 0 spiro atoms. The molecule has 3 aromatic heterocycles. The van der Waals surface area contributed by atoms with Crippen LogP contribution in [0.2, 0.25) is 0 Å². The van der Waals surface area contributed by atoms with Crippen molar-refractivity contribution in [3.05, 3.63) is 35.9 Å². The lowest BCUT2D eigenvalue weighted by Crippen LogP contribution is -2.32. The number of carbonyl (C=O) groups excluding carboxylic acids is 1. The molecule has 0 radical (unpaired) electrons. The van der Waals surface area contributed by atoms with E-state index in [4.69, 9.17) is 14.0 Å². The smallest absolute Gasteiger partial charge is 0.407 e. The van der Waals surface area contributed by atoms with Crippen molar-refractivity contribution < 1.29 is 18.8 Å². The van der Waals surface area contributed by atoms with Crippen LogP contribution in [0.5, 0.6) is 5.88 Å². The van der Waals surface area contributed by atoms with Gasteiger partial charge in [0, 0.05) is 17.0 Å². The lowest BCUT2D eigenvalue weighted by molar-refractivity contribution is 0.174.